The molecule has 158 valence electrons. The van der Waals surface area contributed by atoms with Gasteiger partial charge in [0.2, 0.25) is 0 Å². The van der Waals surface area contributed by atoms with Crippen molar-refractivity contribution < 1.29 is 9.84 Å². The van der Waals surface area contributed by atoms with Crippen molar-refractivity contribution >= 4 is 29.9 Å². The molecule has 1 atom stereocenters. The van der Waals surface area contributed by atoms with E-state index >= 15 is 0 Å². The number of nitrogens with zero attached hydrogens (tertiary/aromatic N) is 2. The molecular weight excluding hydrogens is 477 g/mol. The summed E-state index contributed by atoms with van der Waals surface area (Å²) in [5, 5.41) is 12.8. The Morgan fingerprint density at radius 3 is 2.69 bits per heavy atom. The number of guanidine groups is 1. The van der Waals surface area contributed by atoms with Gasteiger partial charge >= 0.3 is 0 Å². The van der Waals surface area contributed by atoms with Crippen LogP contribution in [0.15, 0.2) is 53.5 Å². The topological polar surface area (TPSA) is 57.1 Å². The normalized spacial score (nSPS) is 17.0. The molecule has 0 aliphatic carbocycles. The number of phenolic OH excluding ortho intramolecular Hbond substituents is 1. The van der Waals surface area contributed by atoms with E-state index in [4.69, 9.17) is 9.73 Å². The average molecular weight is 509 g/mol. The van der Waals surface area contributed by atoms with Crippen LogP contribution < -0.4 is 5.32 Å². The number of hydrogen-bond donors (Lipinski definition) is 2. The summed E-state index contributed by atoms with van der Waals surface area (Å²) in [6, 6.07) is 15.9. The summed E-state index contributed by atoms with van der Waals surface area (Å²) in [5.74, 6) is 1.28. The van der Waals surface area contributed by atoms with E-state index in [9.17, 15) is 5.11 Å². The molecule has 0 amide bonds. The Balaban J connectivity index is 0.00000300. The van der Waals surface area contributed by atoms with Crippen molar-refractivity contribution in [2.24, 2.45) is 4.99 Å². The Kier molecular flexibility index (Phi) is 9.73. The molecule has 1 aliphatic heterocycles. The van der Waals surface area contributed by atoms with Gasteiger partial charge in [-0.3, -0.25) is 4.99 Å². The summed E-state index contributed by atoms with van der Waals surface area (Å²) in [6.07, 6.45) is 2.01. The second kappa shape index (κ2) is 12.0. The lowest BCUT2D eigenvalue weighted by Gasteiger charge is -2.35. The van der Waals surface area contributed by atoms with Gasteiger partial charge in [0, 0.05) is 19.6 Å². The number of aliphatic imine (C=N–C) groups is 1. The molecular formula is C23H32IN3O2. The highest BCUT2D eigenvalue weighted by atomic mass is 127. The number of ether oxygens (including phenoxy) is 1. The fourth-order valence-corrected chi connectivity index (χ4v) is 3.53. The van der Waals surface area contributed by atoms with E-state index in [-0.39, 0.29) is 30.1 Å². The van der Waals surface area contributed by atoms with Crippen molar-refractivity contribution in [3.05, 3.63) is 65.2 Å². The standard InChI is InChI=1S/C23H31N3O2.HI/c1-3-24-23(25-14-6-8-19-10-12-20(27)13-11-19)26-15-16-28-22(17-26)21-9-5-4-7-18(21)2;/h4-5,7,9-13,22,27H,3,6,8,14-17H2,1-2H3,(H,24,25);1H. The SMILES string of the molecule is CCNC(=NCCCc1ccc(O)cc1)N1CCOC(c2ccccc2C)C1.I. The van der Waals surface area contributed by atoms with Crippen molar-refractivity contribution in [1.29, 1.82) is 0 Å². The lowest BCUT2D eigenvalue weighted by Crippen LogP contribution is -2.48. The van der Waals surface area contributed by atoms with Gasteiger partial charge < -0.3 is 20.1 Å². The molecule has 2 N–H and O–H groups in total. The number of halogens is 1. The summed E-state index contributed by atoms with van der Waals surface area (Å²) in [7, 11) is 0. The maximum Gasteiger partial charge on any atom is 0.194 e. The summed E-state index contributed by atoms with van der Waals surface area (Å²) >= 11 is 0. The molecule has 0 aromatic heterocycles. The van der Waals surface area contributed by atoms with Gasteiger partial charge in [0.1, 0.15) is 11.9 Å². The van der Waals surface area contributed by atoms with Gasteiger partial charge in [-0.1, -0.05) is 36.4 Å². The van der Waals surface area contributed by atoms with Crippen molar-refractivity contribution in [1.82, 2.24) is 10.2 Å². The highest BCUT2D eigenvalue weighted by Crippen LogP contribution is 2.25. The first-order chi connectivity index (χ1) is 13.7. The van der Waals surface area contributed by atoms with Crippen molar-refractivity contribution in [3.8, 4) is 5.75 Å². The average Bonchev–Trinajstić information content (AvgIpc) is 2.72. The zero-order valence-electron chi connectivity index (χ0n) is 17.3. The second-order valence-corrected chi connectivity index (χ2v) is 7.17. The fourth-order valence-electron chi connectivity index (χ4n) is 3.53. The molecule has 0 spiro atoms. The number of hydrogen-bond acceptors (Lipinski definition) is 3. The van der Waals surface area contributed by atoms with E-state index in [1.165, 1.54) is 16.7 Å². The van der Waals surface area contributed by atoms with E-state index in [1.807, 2.05) is 12.1 Å². The van der Waals surface area contributed by atoms with Gasteiger partial charge in [0.15, 0.2) is 5.96 Å². The number of benzene rings is 2. The molecule has 3 rings (SSSR count). The van der Waals surface area contributed by atoms with Crippen LogP contribution >= 0.6 is 24.0 Å². The van der Waals surface area contributed by atoms with Crippen LogP contribution in [0.5, 0.6) is 5.75 Å². The quantitative estimate of drug-likeness (QED) is 0.264. The minimum Gasteiger partial charge on any atom is -0.508 e. The van der Waals surface area contributed by atoms with Gasteiger partial charge in [0.05, 0.1) is 13.2 Å². The predicted octanol–water partition coefficient (Wildman–Crippen LogP) is 4.29. The van der Waals surface area contributed by atoms with Crippen LogP contribution in [-0.2, 0) is 11.2 Å². The van der Waals surface area contributed by atoms with Gasteiger partial charge in [0.25, 0.3) is 0 Å². The third kappa shape index (κ3) is 6.89. The van der Waals surface area contributed by atoms with E-state index < -0.39 is 0 Å². The molecule has 1 aliphatic rings. The molecule has 5 nitrogen and oxygen atoms in total. The minimum absolute atomic E-state index is 0. The summed E-state index contributed by atoms with van der Waals surface area (Å²) in [5.41, 5.74) is 3.75. The number of aryl methyl sites for hydroxylation is 2. The lowest BCUT2D eigenvalue weighted by molar-refractivity contribution is -0.00832. The van der Waals surface area contributed by atoms with E-state index in [0.717, 1.165) is 45.0 Å². The van der Waals surface area contributed by atoms with E-state index in [2.05, 4.69) is 48.3 Å². The Labute approximate surface area is 191 Å². The van der Waals surface area contributed by atoms with Crippen LogP contribution in [0.1, 0.15) is 36.1 Å². The van der Waals surface area contributed by atoms with Crippen LogP contribution in [0, 0.1) is 6.92 Å². The number of morpholine rings is 1. The molecule has 2 aromatic carbocycles. The summed E-state index contributed by atoms with van der Waals surface area (Å²) in [4.78, 5) is 7.16. The molecule has 1 saturated heterocycles. The Bertz CT molecular complexity index is 780. The maximum atomic E-state index is 9.38. The molecule has 0 bridgehead atoms. The van der Waals surface area contributed by atoms with Gasteiger partial charge in [-0.15, -0.1) is 24.0 Å². The lowest BCUT2D eigenvalue weighted by atomic mass is 10.0. The number of rotatable bonds is 6. The van der Waals surface area contributed by atoms with Crippen LogP contribution in [0.3, 0.4) is 0 Å². The summed E-state index contributed by atoms with van der Waals surface area (Å²) in [6.45, 7) is 8.24. The molecule has 29 heavy (non-hydrogen) atoms. The first-order valence-corrected chi connectivity index (χ1v) is 10.2. The molecule has 1 heterocycles. The van der Waals surface area contributed by atoms with Crippen molar-refractivity contribution in [2.45, 2.75) is 32.8 Å². The van der Waals surface area contributed by atoms with Gasteiger partial charge in [-0.05, 0) is 55.5 Å². The van der Waals surface area contributed by atoms with E-state index in [1.54, 1.807) is 12.1 Å². The van der Waals surface area contributed by atoms with E-state index in [0.29, 0.717) is 12.4 Å². The van der Waals surface area contributed by atoms with Crippen LogP contribution in [0.2, 0.25) is 0 Å². The Morgan fingerprint density at radius 2 is 1.97 bits per heavy atom. The first-order valence-electron chi connectivity index (χ1n) is 10.2. The Morgan fingerprint density at radius 1 is 1.21 bits per heavy atom. The van der Waals surface area contributed by atoms with Crippen molar-refractivity contribution in [3.63, 3.8) is 0 Å². The molecule has 1 unspecified atom stereocenters. The third-order valence-electron chi connectivity index (χ3n) is 5.06. The molecule has 2 aromatic rings. The van der Waals surface area contributed by atoms with Gasteiger partial charge in [-0.25, -0.2) is 0 Å². The molecule has 6 heteroatoms. The highest BCUT2D eigenvalue weighted by molar-refractivity contribution is 14.0. The number of phenols is 1. The fraction of sp³-hybridized carbons (Fsp3) is 0.435. The highest BCUT2D eigenvalue weighted by Gasteiger charge is 2.25. The van der Waals surface area contributed by atoms with Gasteiger partial charge in [-0.2, -0.15) is 0 Å². The monoisotopic (exact) mass is 509 g/mol. The first kappa shape index (κ1) is 23.5. The second-order valence-electron chi connectivity index (χ2n) is 7.17. The number of aromatic hydroxyl groups is 1. The Hall–Kier alpha value is -1.80. The molecule has 0 saturated carbocycles. The predicted molar refractivity (Wildman–Crippen MR) is 129 cm³/mol. The largest absolute Gasteiger partial charge is 0.508 e. The minimum atomic E-state index is 0. The maximum absolute atomic E-state index is 9.38. The number of nitrogens with one attached hydrogen (secondary N) is 1. The zero-order chi connectivity index (χ0) is 19.8. The summed E-state index contributed by atoms with van der Waals surface area (Å²) < 4.78 is 6.05. The third-order valence-corrected chi connectivity index (χ3v) is 5.06. The van der Waals surface area contributed by atoms with Crippen molar-refractivity contribution in [2.75, 3.05) is 32.8 Å². The molecule has 0 radical (unpaired) electrons. The van der Waals surface area contributed by atoms with Crippen LogP contribution in [-0.4, -0.2) is 48.8 Å². The molecule has 1 fully saturated rings. The smallest absolute Gasteiger partial charge is 0.194 e. The zero-order valence-corrected chi connectivity index (χ0v) is 19.6. The van der Waals surface area contributed by atoms with Crippen LogP contribution in [0.25, 0.3) is 0 Å². The van der Waals surface area contributed by atoms with Crippen LogP contribution in [0.4, 0.5) is 0 Å².